The molecule has 0 spiro atoms. The molecule has 2 unspecified atom stereocenters. The molecule has 4 aromatic carbocycles. The van der Waals surface area contributed by atoms with E-state index in [1.54, 1.807) is 19.1 Å². The Balaban J connectivity index is 0.000000274. The van der Waals surface area contributed by atoms with Gasteiger partial charge in [0.25, 0.3) is 5.91 Å². The fourth-order valence-electron chi connectivity index (χ4n) is 4.59. The number of aliphatic imine (C=N–C) groups is 1. The minimum absolute atomic E-state index is 0. The highest BCUT2D eigenvalue weighted by Crippen LogP contribution is 2.18. The fraction of sp³-hybridized carbons (Fsp3) is 0.243. The SMILES string of the molecule is COC(=O)C(N)Cc1ccccc1.COc1ccc(CN2C(=O)C(Cc3ccccc3)NC2=S)cc1.COc1ccc(CN=C=S)cc1.Cl. The average Bonchev–Trinajstić information content (AvgIpc) is 3.39. The minimum Gasteiger partial charge on any atom is -0.497 e. The normalized spacial score (nSPS) is 13.5. The number of esters is 1. The van der Waals surface area contributed by atoms with Gasteiger partial charge in [0, 0.05) is 6.42 Å². The van der Waals surface area contributed by atoms with Gasteiger partial charge in [-0.1, -0.05) is 84.9 Å². The number of carbonyl (C=O) groups is 2. The van der Waals surface area contributed by atoms with Crippen molar-refractivity contribution in [3.8, 4) is 11.5 Å². The summed E-state index contributed by atoms with van der Waals surface area (Å²) in [4.78, 5) is 29.0. The molecule has 0 aromatic heterocycles. The molecule has 1 heterocycles. The molecule has 12 heteroatoms. The predicted molar refractivity (Wildman–Crippen MR) is 202 cm³/mol. The molecule has 1 aliphatic heterocycles. The van der Waals surface area contributed by atoms with Crippen LogP contribution in [0.4, 0.5) is 0 Å². The summed E-state index contributed by atoms with van der Waals surface area (Å²) in [5.74, 6) is 1.30. The Bertz CT molecular complexity index is 1640. The Labute approximate surface area is 304 Å². The molecule has 1 aliphatic rings. The summed E-state index contributed by atoms with van der Waals surface area (Å²) in [6, 6.07) is 34.1. The molecule has 0 radical (unpaired) electrons. The first-order chi connectivity index (χ1) is 23.3. The van der Waals surface area contributed by atoms with Gasteiger partial charge in [0.15, 0.2) is 5.11 Å². The minimum atomic E-state index is -0.563. The summed E-state index contributed by atoms with van der Waals surface area (Å²) in [5, 5.41) is 5.94. The molecule has 9 nitrogen and oxygen atoms in total. The van der Waals surface area contributed by atoms with Gasteiger partial charge < -0.3 is 25.3 Å². The van der Waals surface area contributed by atoms with Crippen LogP contribution in [0.3, 0.4) is 0 Å². The van der Waals surface area contributed by atoms with Crippen LogP contribution in [0.5, 0.6) is 11.5 Å². The van der Waals surface area contributed by atoms with E-state index >= 15 is 0 Å². The lowest BCUT2D eigenvalue weighted by Crippen LogP contribution is -2.33. The average molecular weight is 721 g/mol. The maximum Gasteiger partial charge on any atom is 0.322 e. The number of amides is 1. The number of benzene rings is 4. The van der Waals surface area contributed by atoms with E-state index in [9.17, 15) is 9.59 Å². The first-order valence-corrected chi connectivity index (χ1v) is 15.9. The molecule has 0 bridgehead atoms. The number of nitrogens with two attached hydrogens (primary N) is 1. The van der Waals surface area contributed by atoms with Gasteiger partial charge in [0.2, 0.25) is 0 Å². The van der Waals surface area contributed by atoms with Gasteiger partial charge in [-0.25, -0.2) is 4.99 Å². The highest BCUT2D eigenvalue weighted by Gasteiger charge is 2.35. The molecule has 258 valence electrons. The molecule has 49 heavy (non-hydrogen) atoms. The van der Waals surface area contributed by atoms with Gasteiger partial charge in [-0.3, -0.25) is 14.5 Å². The quantitative estimate of drug-likeness (QED) is 0.110. The van der Waals surface area contributed by atoms with Crippen molar-refractivity contribution in [2.24, 2.45) is 10.7 Å². The van der Waals surface area contributed by atoms with Crippen molar-refractivity contribution in [2.75, 3.05) is 21.3 Å². The largest absolute Gasteiger partial charge is 0.497 e. The van der Waals surface area contributed by atoms with Crippen LogP contribution in [-0.4, -0.2) is 60.5 Å². The summed E-state index contributed by atoms with van der Waals surface area (Å²) in [7, 11) is 4.61. The Morgan fingerprint density at radius 2 is 1.35 bits per heavy atom. The topological polar surface area (TPSA) is 115 Å². The maximum atomic E-state index is 12.6. The van der Waals surface area contributed by atoms with Crippen LogP contribution in [0.25, 0.3) is 0 Å². The van der Waals surface area contributed by atoms with Gasteiger partial charge in [-0.2, -0.15) is 0 Å². The van der Waals surface area contributed by atoms with Crippen molar-refractivity contribution in [3.63, 3.8) is 0 Å². The third kappa shape index (κ3) is 13.8. The Hall–Kier alpha value is -4.64. The highest BCUT2D eigenvalue weighted by atomic mass is 35.5. The summed E-state index contributed by atoms with van der Waals surface area (Å²) in [6.07, 6.45) is 1.16. The Morgan fingerprint density at radius 1 is 0.837 bits per heavy atom. The number of rotatable bonds is 11. The van der Waals surface area contributed by atoms with Crippen LogP contribution < -0.4 is 20.5 Å². The van der Waals surface area contributed by atoms with Crippen LogP contribution in [0.15, 0.2) is 114 Å². The summed E-state index contributed by atoms with van der Waals surface area (Å²) in [5.41, 5.74) is 9.87. The van der Waals surface area contributed by atoms with Crippen molar-refractivity contribution < 1.29 is 23.8 Å². The van der Waals surface area contributed by atoms with Crippen LogP contribution in [0, 0.1) is 0 Å². The molecule has 5 rings (SSSR count). The smallest absolute Gasteiger partial charge is 0.322 e. The first-order valence-electron chi connectivity index (χ1n) is 15.1. The second-order valence-electron chi connectivity index (χ2n) is 10.5. The van der Waals surface area contributed by atoms with E-state index in [0.29, 0.717) is 31.0 Å². The summed E-state index contributed by atoms with van der Waals surface area (Å²) >= 11 is 9.79. The molecule has 2 atom stereocenters. The van der Waals surface area contributed by atoms with E-state index in [2.05, 4.69) is 32.4 Å². The molecule has 1 saturated heterocycles. The number of thiocarbonyl (C=S) groups is 2. The van der Waals surface area contributed by atoms with Gasteiger partial charge >= 0.3 is 5.97 Å². The standard InChI is InChI=1S/C18H18N2O2S.C10H13NO2.C9H9NOS.ClH/c1-22-15-9-7-14(8-10-15)12-20-17(21)16(19-18(20)23)11-13-5-3-2-4-6-13;1-13-10(12)9(11)7-8-5-3-2-4-6-8;1-11-9-4-2-8(3-5-9)6-10-7-12;/h2-10,16H,11-12H2,1H3,(H,19,23);2-6,9H,7,11H2,1H3;2-5H,6H2,1H3;1H. The number of ether oxygens (including phenoxy) is 3. The number of nitrogens with one attached hydrogen (secondary N) is 1. The summed E-state index contributed by atoms with van der Waals surface area (Å²) in [6.45, 7) is 1.06. The van der Waals surface area contributed by atoms with Crippen LogP contribution in [0.1, 0.15) is 22.3 Å². The second kappa shape index (κ2) is 22.1. The van der Waals surface area contributed by atoms with E-state index in [4.69, 9.17) is 27.4 Å². The zero-order valence-electron chi connectivity index (χ0n) is 27.6. The van der Waals surface area contributed by atoms with Crippen LogP contribution in [-0.2, 0) is 40.3 Å². The lowest BCUT2D eigenvalue weighted by molar-refractivity contribution is -0.142. The van der Waals surface area contributed by atoms with E-state index in [1.165, 1.54) is 7.11 Å². The molecule has 3 N–H and O–H groups in total. The number of hydrogen-bond acceptors (Lipinski definition) is 9. The maximum absolute atomic E-state index is 12.6. The van der Waals surface area contributed by atoms with Crippen LogP contribution >= 0.6 is 36.8 Å². The number of isothiocyanates is 1. The highest BCUT2D eigenvalue weighted by molar-refractivity contribution is 7.80. The third-order valence-corrected chi connectivity index (χ3v) is 7.64. The Kier molecular flexibility index (Phi) is 18.3. The van der Waals surface area contributed by atoms with Gasteiger partial charge in [-0.05, 0) is 77.4 Å². The Morgan fingerprint density at radius 3 is 1.84 bits per heavy atom. The van der Waals surface area contributed by atoms with E-state index < -0.39 is 6.04 Å². The zero-order valence-corrected chi connectivity index (χ0v) is 30.1. The van der Waals surface area contributed by atoms with Gasteiger partial charge in [0.05, 0.1) is 39.6 Å². The van der Waals surface area contributed by atoms with Gasteiger partial charge in [-0.15, -0.1) is 12.4 Å². The van der Waals surface area contributed by atoms with Crippen molar-refractivity contribution >= 4 is 59.0 Å². The van der Waals surface area contributed by atoms with Crippen LogP contribution in [0.2, 0.25) is 0 Å². The van der Waals surface area contributed by atoms with Crippen molar-refractivity contribution in [1.29, 1.82) is 0 Å². The lowest BCUT2D eigenvalue weighted by Gasteiger charge is -2.15. The number of carbonyl (C=O) groups excluding carboxylic acids is 2. The third-order valence-electron chi connectivity index (χ3n) is 7.18. The molecule has 4 aromatic rings. The predicted octanol–water partition coefficient (Wildman–Crippen LogP) is 5.97. The number of halogens is 1. The van der Waals surface area contributed by atoms with Crippen molar-refractivity contribution in [2.45, 2.75) is 38.0 Å². The van der Waals surface area contributed by atoms with E-state index in [1.807, 2.05) is 109 Å². The van der Waals surface area contributed by atoms with Gasteiger partial charge in [0.1, 0.15) is 23.6 Å². The molecular weight excluding hydrogens is 680 g/mol. The number of hydrogen-bond donors (Lipinski definition) is 2. The molecular formula is C37H41ClN4O5S2. The summed E-state index contributed by atoms with van der Waals surface area (Å²) < 4.78 is 14.7. The monoisotopic (exact) mass is 720 g/mol. The zero-order chi connectivity index (χ0) is 34.7. The molecule has 0 aliphatic carbocycles. The molecule has 1 fully saturated rings. The number of methoxy groups -OCH3 is 3. The van der Waals surface area contributed by atoms with Crippen molar-refractivity contribution in [1.82, 2.24) is 10.2 Å². The fourth-order valence-corrected chi connectivity index (χ4v) is 4.95. The second-order valence-corrected chi connectivity index (χ2v) is 11.1. The lowest BCUT2D eigenvalue weighted by atomic mass is 10.1. The van der Waals surface area contributed by atoms with Crippen molar-refractivity contribution in [3.05, 3.63) is 131 Å². The first kappa shape index (κ1) is 40.5. The molecule has 0 saturated carbocycles. The number of nitrogens with zero attached hydrogens (tertiary/aromatic N) is 2. The van der Waals surface area contributed by atoms with E-state index in [-0.39, 0.29) is 30.3 Å². The molecule has 1 amide bonds. The van der Waals surface area contributed by atoms with E-state index in [0.717, 1.165) is 33.8 Å².